The van der Waals surface area contributed by atoms with E-state index in [-0.39, 0.29) is 0 Å². The van der Waals surface area contributed by atoms with E-state index in [1.807, 2.05) is 0 Å². The highest BCUT2D eigenvalue weighted by molar-refractivity contribution is 4.86. The summed E-state index contributed by atoms with van der Waals surface area (Å²) >= 11 is 0. The van der Waals surface area contributed by atoms with Gasteiger partial charge in [0.05, 0.1) is 6.61 Å². The van der Waals surface area contributed by atoms with Gasteiger partial charge < -0.3 is 15.4 Å². The molecule has 0 aromatic carbocycles. The zero-order chi connectivity index (χ0) is 10.8. The van der Waals surface area contributed by atoms with E-state index in [0.29, 0.717) is 12.0 Å². The van der Waals surface area contributed by atoms with E-state index < -0.39 is 0 Å². The van der Waals surface area contributed by atoms with Gasteiger partial charge in [0.1, 0.15) is 0 Å². The fourth-order valence-electron chi connectivity index (χ4n) is 2.53. The van der Waals surface area contributed by atoms with E-state index in [9.17, 15) is 0 Å². The molecule has 1 aliphatic carbocycles. The van der Waals surface area contributed by atoms with Crippen LogP contribution in [0.5, 0.6) is 0 Å². The van der Waals surface area contributed by atoms with Crippen LogP contribution in [0.2, 0.25) is 0 Å². The second kappa shape index (κ2) is 4.81. The van der Waals surface area contributed by atoms with Gasteiger partial charge in [-0.25, -0.2) is 0 Å². The first-order valence-corrected chi connectivity index (χ1v) is 6.18. The summed E-state index contributed by atoms with van der Waals surface area (Å²) in [5, 5.41) is 0. The molecular formula is C12H24N2O. The fraction of sp³-hybridized carbons (Fsp3) is 1.00. The van der Waals surface area contributed by atoms with Gasteiger partial charge >= 0.3 is 0 Å². The Labute approximate surface area is 93.0 Å². The van der Waals surface area contributed by atoms with E-state index in [1.54, 1.807) is 0 Å². The highest BCUT2D eigenvalue weighted by Crippen LogP contribution is 2.38. The average molecular weight is 212 g/mol. The molecule has 2 N–H and O–H groups in total. The second-order valence-electron chi connectivity index (χ2n) is 5.48. The van der Waals surface area contributed by atoms with E-state index in [4.69, 9.17) is 10.5 Å². The number of hydrogen-bond donors (Lipinski definition) is 1. The molecule has 88 valence electrons. The third-order valence-corrected chi connectivity index (χ3v) is 3.90. The first kappa shape index (κ1) is 11.4. The minimum atomic E-state index is 0.345. The van der Waals surface area contributed by atoms with Crippen molar-refractivity contribution in [2.75, 3.05) is 33.4 Å². The molecule has 1 saturated heterocycles. The molecule has 0 bridgehead atoms. The monoisotopic (exact) mass is 212 g/mol. The lowest BCUT2D eigenvalue weighted by molar-refractivity contribution is 0.0288. The van der Waals surface area contributed by atoms with Crippen molar-refractivity contribution in [1.29, 1.82) is 0 Å². The first-order valence-electron chi connectivity index (χ1n) is 6.18. The lowest BCUT2D eigenvalue weighted by atomic mass is 9.96. The van der Waals surface area contributed by atoms with Gasteiger partial charge in [-0.1, -0.05) is 6.92 Å². The van der Waals surface area contributed by atoms with Gasteiger partial charge in [0.2, 0.25) is 0 Å². The average Bonchev–Trinajstić information content (AvgIpc) is 2.86. The summed E-state index contributed by atoms with van der Waals surface area (Å²) in [5.41, 5.74) is 6.09. The molecule has 3 heteroatoms. The molecule has 0 aromatic rings. The molecule has 1 aliphatic heterocycles. The quantitative estimate of drug-likeness (QED) is 0.753. The highest BCUT2D eigenvalue weighted by atomic mass is 16.5. The third kappa shape index (κ3) is 3.16. The zero-order valence-electron chi connectivity index (χ0n) is 9.98. The zero-order valence-corrected chi connectivity index (χ0v) is 9.98. The van der Waals surface area contributed by atoms with Crippen molar-refractivity contribution in [2.45, 2.75) is 25.8 Å². The van der Waals surface area contributed by atoms with Crippen LogP contribution in [-0.2, 0) is 4.74 Å². The van der Waals surface area contributed by atoms with Gasteiger partial charge in [-0.2, -0.15) is 0 Å². The van der Waals surface area contributed by atoms with Crippen LogP contribution in [0.1, 0.15) is 19.8 Å². The third-order valence-electron chi connectivity index (χ3n) is 3.90. The van der Waals surface area contributed by atoms with E-state index in [0.717, 1.165) is 38.0 Å². The standard InChI is InChI=1S/C12H24N2O/c1-9-5-10(9)6-14(2)7-11-8-15-4-3-12(11)13/h9-12H,3-8,13H2,1-2H3. The maximum atomic E-state index is 6.09. The number of hydrogen-bond acceptors (Lipinski definition) is 3. The van der Waals surface area contributed by atoms with Crippen LogP contribution in [0.25, 0.3) is 0 Å². The van der Waals surface area contributed by atoms with Crippen LogP contribution in [-0.4, -0.2) is 44.3 Å². The summed E-state index contributed by atoms with van der Waals surface area (Å²) in [6.45, 7) is 6.38. The largest absolute Gasteiger partial charge is 0.381 e. The predicted molar refractivity (Wildman–Crippen MR) is 61.7 cm³/mol. The predicted octanol–water partition coefficient (Wildman–Crippen LogP) is 0.938. The lowest BCUT2D eigenvalue weighted by Crippen LogP contribution is -2.44. The Hall–Kier alpha value is -0.120. The van der Waals surface area contributed by atoms with Crippen LogP contribution < -0.4 is 5.73 Å². The Morgan fingerprint density at radius 2 is 2.00 bits per heavy atom. The van der Waals surface area contributed by atoms with Gasteiger partial charge in [-0.3, -0.25) is 0 Å². The summed E-state index contributed by atoms with van der Waals surface area (Å²) in [5.74, 6) is 2.43. The smallest absolute Gasteiger partial charge is 0.0521 e. The SMILES string of the molecule is CC1CC1CN(C)CC1COCCC1N. The van der Waals surface area contributed by atoms with Gasteiger partial charge in [0.15, 0.2) is 0 Å². The van der Waals surface area contributed by atoms with Crippen LogP contribution in [0.4, 0.5) is 0 Å². The number of nitrogens with two attached hydrogens (primary N) is 1. The Kier molecular flexibility index (Phi) is 3.65. The number of rotatable bonds is 4. The highest BCUT2D eigenvalue weighted by Gasteiger charge is 2.34. The molecule has 4 atom stereocenters. The molecular weight excluding hydrogens is 188 g/mol. The lowest BCUT2D eigenvalue weighted by Gasteiger charge is -2.32. The molecule has 0 spiro atoms. The molecule has 1 saturated carbocycles. The van der Waals surface area contributed by atoms with Gasteiger partial charge in [0, 0.05) is 31.7 Å². The van der Waals surface area contributed by atoms with E-state index in [2.05, 4.69) is 18.9 Å². The normalized spacial score (nSPS) is 40.8. The molecule has 3 nitrogen and oxygen atoms in total. The molecule has 1 heterocycles. The van der Waals surface area contributed by atoms with Crippen molar-refractivity contribution in [3.05, 3.63) is 0 Å². The number of ether oxygens (including phenoxy) is 1. The Morgan fingerprint density at radius 1 is 1.33 bits per heavy atom. The summed E-state index contributed by atoms with van der Waals surface area (Å²) in [7, 11) is 2.21. The Morgan fingerprint density at radius 3 is 2.60 bits per heavy atom. The summed E-state index contributed by atoms with van der Waals surface area (Å²) < 4.78 is 5.49. The van der Waals surface area contributed by atoms with Crippen molar-refractivity contribution in [3.63, 3.8) is 0 Å². The Balaban J connectivity index is 1.70. The van der Waals surface area contributed by atoms with Crippen molar-refractivity contribution in [3.8, 4) is 0 Å². The summed E-state index contributed by atoms with van der Waals surface area (Å²) in [4.78, 5) is 2.44. The number of nitrogens with zero attached hydrogens (tertiary/aromatic N) is 1. The second-order valence-corrected chi connectivity index (χ2v) is 5.48. The van der Waals surface area contributed by atoms with E-state index in [1.165, 1.54) is 13.0 Å². The Bertz CT molecular complexity index is 210. The van der Waals surface area contributed by atoms with Crippen molar-refractivity contribution < 1.29 is 4.74 Å². The fourth-order valence-corrected chi connectivity index (χ4v) is 2.53. The molecule has 2 aliphatic rings. The minimum Gasteiger partial charge on any atom is -0.381 e. The van der Waals surface area contributed by atoms with Crippen LogP contribution in [0, 0.1) is 17.8 Å². The summed E-state index contributed by atoms with van der Waals surface area (Å²) in [6, 6.07) is 0.345. The summed E-state index contributed by atoms with van der Waals surface area (Å²) in [6.07, 6.45) is 2.44. The van der Waals surface area contributed by atoms with Gasteiger partial charge in [-0.05, 0) is 31.7 Å². The van der Waals surface area contributed by atoms with Gasteiger partial charge in [-0.15, -0.1) is 0 Å². The van der Waals surface area contributed by atoms with Crippen LogP contribution in [0.3, 0.4) is 0 Å². The first-order chi connectivity index (χ1) is 7.16. The van der Waals surface area contributed by atoms with Crippen LogP contribution in [0.15, 0.2) is 0 Å². The van der Waals surface area contributed by atoms with Crippen molar-refractivity contribution >= 4 is 0 Å². The molecule has 0 amide bonds. The van der Waals surface area contributed by atoms with Crippen LogP contribution >= 0.6 is 0 Å². The van der Waals surface area contributed by atoms with Gasteiger partial charge in [0.25, 0.3) is 0 Å². The topological polar surface area (TPSA) is 38.5 Å². The maximum absolute atomic E-state index is 6.09. The molecule has 2 rings (SSSR count). The molecule has 0 radical (unpaired) electrons. The maximum Gasteiger partial charge on any atom is 0.0521 e. The van der Waals surface area contributed by atoms with Crippen molar-refractivity contribution in [2.24, 2.45) is 23.5 Å². The molecule has 0 aromatic heterocycles. The van der Waals surface area contributed by atoms with E-state index >= 15 is 0 Å². The van der Waals surface area contributed by atoms with Crippen molar-refractivity contribution in [1.82, 2.24) is 4.90 Å². The molecule has 2 fully saturated rings. The molecule has 4 unspecified atom stereocenters. The molecule has 15 heavy (non-hydrogen) atoms. The minimum absolute atomic E-state index is 0.345.